The Balaban J connectivity index is 1.47. The summed E-state index contributed by atoms with van der Waals surface area (Å²) in [6.45, 7) is 2.94. The molecule has 0 bridgehead atoms. The first-order valence-corrected chi connectivity index (χ1v) is 12.1. The Labute approximate surface area is 213 Å². The molecule has 0 aromatic heterocycles. The van der Waals surface area contributed by atoms with E-state index in [9.17, 15) is 9.59 Å². The normalized spacial score (nSPS) is 10.7. The fourth-order valence-electron chi connectivity index (χ4n) is 3.00. The highest BCUT2D eigenvalue weighted by Crippen LogP contribution is 2.23. The zero-order chi connectivity index (χ0) is 24.9. The second-order valence-corrected chi connectivity index (χ2v) is 8.57. The number of halogens is 1. The van der Waals surface area contributed by atoms with Crippen LogP contribution in [0.1, 0.15) is 41.3 Å². The number of nitrogens with one attached hydrogen (secondary N) is 2. The minimum Gasteiger partial charge on any atom is -0.494 e. The summed E-state index contributed by atoms with van der Waals surface area (Å²) in [5.74, 6) is 0.538. The molecule has 2 amide bonds. The number of carbonyl (C=O) groups is 2. The van der Waals surface area contributed by atoms with Crippen molar-refractivity contribution in [3.8, 4) is 11.5 Å². The molecule has 8 heteroatoms. The van der Waals surface area contributed by atoms with E-state index in [0.29, 0.717) is 35.8 Å². The van der Waals surface area contributed by atoms with Crippen molar-refractivity contribution in [1.82, 2.24) is 10.7 Å². The van der Waals surface area contributed by atoms with Crippen LogP contribution < -0.4 is 20.2 Å². The summed E-state index contributed by atoms with van der Waals surface area (Å²) in [6, 6.07) is 22.2. The van der Waals surface area contributed by atoms with Gasteiger partial charge in [-0.1, -0.05) is 59.6 Å². The minimum atomic E-state index is -0.448. The van der Waals surface area contributed by atoms with Gasteiger partial charge in [-0.05, 0) is 54.4 Å². The maximum absolute atomic E-state index is 12.3. The third-order valence-corrected chi connectivity index (χ3v) is 5.39. The van der Waals surface area contributed by atoms with Gasteiger partial charge in [0.05, 0.1) is 19.4 Å². The van der Waals surface area contributed by atoms with E-state index < -0.39 is 5.91 Å². The topological polar surface area (TPSA) is 89.0 Å². The molecule has 3 rings (SSSR count). The fourth-order valence-corrected chi connectivity index (χ4v) is 3.38. The highest BCUT2D eigenvalue weighted by atomic mass is 79.9. The second kappa shape index (κ2) is 13.9. The zero-order valence-electron chi connectivity index (χ0n) is 19.5. The number of hydrazone groups is 1. The maximum Gasteiger partial charge on any atom is 0.259 e. The number of ether oxygens (including phenoxy) is 2. The van der Waals surface area contributed by atoms with Crippen LogP contribution in [-0.4, -0.2) is 31.2 Å². The highest BCUT2D eigenvalue weighted by molar-refractivity contribution is 9.10. The Kier molecular flexibility index (Phi) is 10.3. The first-order valence-electron chi connectivity index (χ1n) is 11.3. The molecule has 0 unspecified atom stereocenters. The first kappa shape index (κ1) is 26.0. The van der Waals surface area contributed by atoms with Gasteiger partial charge in [-0.15, -0.1) is 0 Å². The van der Waals surface area contributed by atoms with Gasteiger partial charge in [-0.25, -0.2) is 5.43 Å². The molecular formula is C27H28BrN3O4. The van der Waals surface area contributed by atoms with Crippen LogP contribution in [0.3, 0.4) is 0 Å². The van der Waals surface area contributed by atoms with E-state index in [0.717, 1.165) is 22.9 Å². The lowest BCUT2D eigenvalue weighted by molar-refractivity contribution is -0.120. The van der Waals surface area contributed by atoms with E-state index >= 15 is 0 Å². The van der Waals surface area contributed by atoms with Crippen molar-refractivity contribution in [2.75, 3.05) is 13.2 Å². The van der Waals surface area contributed by atoms with Crippen molar-refractivity contribution < 1.29 is 19.1 Å². The van der Waals surface area contributed by atoms with Crippen molar-refractivity contribution in [3.63, 3.8) is 0 Å². The lowest BCUT2D eigenvalue weighted by Crippen LogP contribution is -2.34. The molecule has 3 aromatic rings. The third-order valence-electron chi connectivity index (χ3n) is 4.89. The summed E-state index contributed by atoms with van der Waals surface area (Å²) in [7, 11) is 0. The van der Waals surface area contributed by atoms with Crippen LogP contribution >= 0.6 is 15.9 Å². The lowest BCUT2D eigenvalue weighted by atomic mass is 10.2. The molecule has 0 saturated carbocycles. The molecule has 0 heterocycles. The summed E-state index contributed by atoms with van der Waals surface area (Å²) >= 11 is 3.44. The molecule has 0 saturated heterocycles. The predicted molar refractivity (Wildman–Crippen MR) is 140 cm³/mol. The quantitative estimate of drug-likeness (QED) is 0.191. The molecule has 0 spiro atoms. The maximum atomic E-state index is 12.3. The number of amides is 2. The molecule has 35 heavy (non-hydrogen) atoms. The van der Waals surface area contributed by atoms with E-state index in [1.165, 1.54) is 6.21 Å². The van der Waals surface area contributed by atoms with Crippen LogP contribution in [-0.2, 0) is 11.4 Å². The molecule has 0 aliphatic rings. The molecule has 3 aromatic carbocycles. The molecule has 182 valence electrons. The van der Waals surface area contributed by atoms with Crippen molar-refractivity contribution in [3.05, 3.63) is 94.0 Å². The van der Waals surface area contributed by atoms with Crippen LogP contribution in [0.15, 0.2) is 82.4 Å². The standard InChI is InChI=1S/C27H28BrN3O4/c1-2-3-15-34-24-12-9-21(10-13-24)27(33)29-18-26(32)31-30-17-22-16-23(28)11-14-25(22)35-19-20-7-5-4-6-8-20/h4-14,16-17H,2-3,15,18-19H2,1H3,(H,29,33)(H,31,32)/b30-17+. The zero-order valence-corrected chi connectivity index (χ0v) is 21.1. The van der Waals surface area contributed by atoms with Crippen LogP contribution in [0.25, 0.3) is 0 Å². The number of rotatable bonds is 12. The first-order chi connectivity index (χ1) is 17.0. The van der Waals surface area contributed by atoms with Gasteiger partial charge in [-0.3, -0.25) is 9.59 Å². The van der Waals surface area contributed by atoms with Gasteiger partial charge in [0.1, 0.15) is 18.1 Å². The average Bonchev–Trinajstić information content (AvgIpc) is 2.88. The van der Waals surface area contributed by atoms with Gasteiger partial charge in [0.2, 0.25) is 0 Å². The second-order valence-electron chi connectivity index (χ2n) is 7.66. The number of hydrogen-bond donors (Lipinski definition) is 2. The van der Waals surface area contributed by atoms with E-state index in [2.05, 4.69) is 38.7 Å². The number of unbranched alkanes of at least 4 members (excludes halogenated alkanes) is 1. The molecule has 0 aliphatic heterocycles. The summed E-state index contributed by atoms with van der Waals surface area (Å²) in [5, 5.41) is 6.58. The van der Waals surface area contributed by atoms with Gasteiger partial charge in [0.25, 0.3) is 11.8 Å². The molecule has 2 N–H and O–H groups in total. The van der Waals surface area contributed by atoms with Gasteiger partial charge in [0, 0.05) is 15.6 Å². The van der Waals surface area contributed by atoms with Gasteiger partial charge >= 0.3 is 0 Å². The Morgan fingerprint density at radius 2 is 1.77 bits per heavy atom. The summed E-state index contributed by atoms with van der Waals surface area (Å²) in [4.78, 5) is 24.4. The number of benzene rings is 3. The Morgan fingerprint density at radius 3 is 2.51 bits per heavy atom. The van der Waals surface area contributed by atoms with E-state index in [1.54, 1.807) is 24.3 Å². The molecule has 7 nitrogen and oxygen atoms in total. The summed E-state index contributed by atoms with van der Waals surface area (Å²) in [5.41, 5.74) is 4.60. The largest absolute Gasteiger partial charge is 0.494 e. The van der Waals surface area contributed by atoms with Crippen LogP contribution in [0, 0.1) is 0 Å². The molecule has 0 atom stereocenters. The van der Waals surface area contributed by atoms with Gasteiger partial charge in [0.15, 0.2) is 0 Å². The fraction of sp³-hybridized carbons (Fsp3) is 0.222. The van der Waals surface area contributed by atoms with Crippen LogP contribution in [0.2, 0.25) is 0 Å². The average molecular weight is 538 g/mol. The Hall–Kier alpha value is -3.65. The lowest BCUT2D eigenvalue weighted by Gasteiger charge is -2.10. The molecule has 0 aliphatic carbocycles. The molecule has 0 fully saturated rings. The molecule has 0 radical (unpaired) electrons. The highest BCUT2D eigenvalue weighted by Gasteiger charge is 2.08. The third kappa shape index (κ3) is 8.90. The van der Waals surface area contributed by atoms with Gasteiger partial charge in [-0.2, -0.15) is 5.10 Å². The predicted octanol–water partition coefficient (Wildman–Crippen LogP) is 5.09. The van der Waals surface area contributed by atoms with Crippen molar-refractivity contribution in [1.29, 1.82) is 0 Å². The molecular weight excluding hydrogens is 510 g/mol. The summed E-state index contributed by atoms with van der Waals surface area (Å²) in [6.07, 6.45) is 3.53. The smallest absolute Gasteiger partial charge is 0.259 e. The van der Waals surface area contributed by atoms with Crippen molar-refractivity contribution >= 4 is 34.0 Å². The Bertz CT molecular complexity index is 1130. The van der Waals surface area contributed by atoms with Crippen molar-refractivity contribution in [2.45, 2.75) is 26.4 Å². The van der Waals surface area contributed by atoms with Crippen LogP contribution in [0.4, 0.5) is 0 Å². The number of hydrogen-bond acceptors (Lipinski definition) is 5. The monoisotopic (exact) mass is 537 g/mol. The van der Waals surface area contributed by atoms with Crippen molar-refractivity contribution in [2.24, 2.45) is 5.10 Å². The van der Waals surface area contributed by atoms with E-state index in [1.807, 2.05) is 48.5 Å². The summed E-state index contributed by atoms with van der Waals surface area (Å²) < 4.78 is 12.4. The SMILES string of the molecule is CCCCOc1ccc(C(=O)NCC(=O)N/N=C/c2cc(Br)ccc2OCc2ccccc2)cc1. The van der Waals surface area contributed by atoms with Gasteiger partial charge < -0.3 is 14.8 Å². The van der Waals surface area contributed by atoms with Crippen LogP contribution in [0.5, 0.6) is 11.5 Å². The van der Waals surface area contributed by atoms with E-state index in [-0.39, 0.29) is 12.5 Å². The number of nitrogens with zero attached hydrogens (tertiary/aromatic N) is 1. The Morgan fingerprint density at radius 1 is 1.00 bits per heavy atom. The minimum absolute atomic E-state index is 0.208. The van der Waals surface area contributed by atoms with E-state index in [4.69, 9.17) is 9.47 Å². The number of carbonyl (C=O) groups excluding carboxylic acids is 2.